The van der Waals surface area contributed by atoms with Crippen LogP contribution in [0.15, 0.2) is 40.2 Å². The Labute approximate surface area is 186 Å². The van der Waals surface area contributed by atoms with Gasteiger partial charge in [-0.15, -0.1) is 0 Å². The SMILES string of the molecule is O=c1[nH]ccc2[nH]nc(Nc3ccc4c(c3)CN(C3CCN(CC(F)(F)F)CC3)S4(=O)=O)c12. The van der Waals surface area contributed by atoms with E-state index >= 15 is 0 Å². The zero-order chi connectivity index (χ0) is 23.4. The van der Waals surface area contributed by atoms with Crippen LogP contribution in [0.25, 0.3) is 10.9 Å². The second-order valence-electron chi connectivity index (χ2n) is 8.29. The van der Waals surface area contributed by atoms with Crippen molar-refractivity contribution in [2.45, 2.75) is 36.5 Å². The van der Waals surface area contributed by atoms with Gasteiger partial charge in [0, 0.05) is 37.6 Å². The second kappa shape index (κ2) is 7.85. The Morgan fingerprint density at radius 3 is 2.67 bits per heavy atom. The highest BCUT2D eigenvalue weighted by molar-refractivity contribution is 7.89. The highest BCUT2D eigenvalue weighted by Crippen LogP contribution is 2.37. The number of hydrogen-bond acceptors (Lipinski definition) is 6. The fourth-order valence-electron chi connectivity index (χ4n) is 4.56. The molecule has 176 valence electrons. The van der Waals surface area contributed by atoms with Crippen molar-refractivity contribution >= 4 is 32.4 Å². The van der Waals surface area contributed by atoms with Crippen LogP contribution in [0, 0.1) is 0 Å². The molecule has 0 saturated carbocycles. The van der Waals surface area contributed by atoms with Crippen LogP contribution in [0.3, 0.4) is 0 Å². The summed E-state index contributed by atoms with van der Waals surface area (Å²) in [5, 5.41) is 10.3. The molecule has 2 aliphatic heterocycles. The van der Waals surface area contributed by atoms with E-state index < -0.39 is 22.7 Å². The van der Waals surface area contributed by atoms with Gasteiger partial charge in [-0.25, -0.2) is 8.42 Å². The zero-order valence-corrected chi connectivity index (χ0v) is 18.1. The van der Waals surface area contributed by atoms with E-state index in [2.05, 4.69) is 20.5 Å². The number of rotatable bonds is 4. The first-order valence-corrected chi connectivity index (χ1v) is 11.8. The van der Waals surface area contributed by atoms with E-state index in [1.54, 1.807) is 18.2 Å². The first kappa shape index (κ1) is 21.9. The van der Waals surface area contributed by atoms with Gasteiger partial charge in [0.1, 0.15) is 5.39 Å². The van der Waals surface area contributed by atoms with Gasteiger partial charge in [-0.1, -0.05) is 0 Å². The molecule has 0 unspecified atom stereocenters. The molecule has 2 aliphatic rings. The molecule has 1 saturated heterocycles. The maximum absolute atomic E-state index is 13.1. The Morgan fingerprint density at radius 1 is 1.18 bits per heavy atom. The molecule has 2 aromatic heterocycles. The van der Waals surface area contributed by atoms with Crippen LogP contribution in [-0.4, -0.2) is 64.7 Å². The molecule has 33 heavy (non-hydrogen) atoms. The maximum atomic E-state index is 13.1. The number of alkyl halides is 3. The Balaban J connectivity index is 1.34. The topological polar surface area (TPSA) is 114 Å². The van der Waals surface area contributed by atoms with Crippen LogP contribution in [0.1, 0.15) is 18.4 Å². The summed E-state index contributed by atoms with van der Waals surface area (Å²) in [6.45, 7) is -0.439. The summed E-state index contributed by atoms with van der Waals surface area (Å²) in [4.78, 5) is 16.2. The van der Waals surface area contributed by atoms with Crippen molar-refractivity contribution in [3.05, 3.63) is 46.4 Å². The van der Waals surface area contributed by atoms with Crippen molar-refractivity contribution in [3.63, 3.8) is 0 Å². The highest BCUT2D eigenvalue weighted by Gasteiger charge is 2.41. The fourth-order valence-corrected chi connectivity index (χ4v) is 6.42. The maximum Gasteiger partial charge on any atom is 0.401 e. The number of halogens is 3. The Hall–Kier alpha value is -2.90. The fraction of sp³-hybridized carbons (Fsp3) is 0.400. The van der Waals surface area contributed by atoms with Gasteiger partial charge in [0.2, 0.25) is 10.0 Å². The summed E-state index contributed by atoms with van der Waals surface area (Å²) in [7, 11) is -3.73. The standard InChI is InChI=1S/C20H21F3N6O3S/c21-20(22,23)11-28-7-4-14(5-8-28)29-10-12-9-13(1-2-16(12)33(29,31)32)25-18-17-15(26-27-18)3-6-24-19(17)30/h1-3,6,9,14H,4-5,7-8,10-11H2,(H,24,30)(H2,25,26,27). The number of nitrogens with zero attached hydrogens (tertiary/aromatic N) is 3. The van der Waals surface area contributed by atoms with Gasteiger partial charge in [0.05, 0.1) is 17.0 Å². The predicted molar refractivity (Wildman–Crippen MR) is 115 cm³/mol. The van der Waals surface area contributed by atoms with Crippen LogP contribution in [0.4, 0.5) is 24.7 Å². The minimum atomic E-state index is -4.27. The van der Waals surface area contributed by atoms with Gasteiger partial charge in [0.25, 0.3) is 5.56 Å². The lowest BCUT2D eigenvalue weighted by molar-refractivity contribution is -0.148. The lowest BCUT2D eigenvalue weighted by Crippen LogP contribution is -2.47. The van der Waals surface area contributed by atoms with Crippen molar-refractivity contribution < 1.29 is 21.6 Å². The average molecular weight is 482 g/mol. The van der Waals surface area contributed by atoms with Crippen LogP contribution in [0.2, 0.25) is 0 Å². The van der Waals surface area contributed by atoms with E-state index in [4.69, 9.17) is 0 Å². The minimum Gasteiger partial charge on any atom is -0.338 e. The molecule has 0 amide bonds. The highest BCUT2D eigenvalue weighted by atomic mass is 32.2. The number of pyridine rings is 1. The van der Waals surface area contributed by atoms with Gasteiger partial charge >= 0.3 is 6.18 Å². The largest absolute Gasteiger partial charge is 0.401 e. The molecule has 0 bridgehead atoms. The molecule has 0 atom stereocenters. The summed E-state index contributed by atoms with van der Waals surface area (Å²) < 4.78 is 65.5. The molecule has 3 N–H and O–H groups in total. The normalized spacial score (nSPS) is 19.7. The number of H-pyrrole nitrogens is 2. The quantitative estimate of drug-likeness (QED) is 0.527. The second-order valence-corrected chi connectivity index (χ2v) is 10.1. The number of hydrogen-bond donors (Lipinski definition) is 3. The number of sulfonamides is 1. The number of fused-ring (bicyclic) bond motifs is 2. The molecule has 0 spiro atoms. The van der Waals surface area contributed by atoms with Gasteiger partial charge in [0.15, 0.2) is 5.82 Å². The van der Waals surface area contributed by atoms with Crippen LogP contribution in [0.5, 0.6) is 0 Å². The zero-order valence-electron chi connectivity index (χ0n) is 17.3. The lowest BCUT2D eigenvalue weighted by atomic mass is 10.0. The number of piperidine rings is 1. The molecule has 13 heteroatoms. The Kier molecular flexibility index (Phi) is 5.21. The molecule has 9 nitrogen and oxygen atoms in total. The predicted octanol–water partition coefficient (Wildman–Crippen LogP) is 2.53. The number of aromatic nitrogens is 3. The van der Waals surface area contributed by atoms with Crippen LogP contribution in [-0.2, 0) is 16.6 Å². The number of nitrogens with one attached hydrogen (secondary N) is 3. The first-order chi connectivity index (χ1) is 15.6. The molecule has 3 aromatic rings. The third-order valence-corrected chi connectivity index (χ3v) is 8.09. The summed E-state index contributed by atoms with van der Waals surface area (Å²) in [6, 6.07) is 6.14. The van der Waals surface area contributed by atoms with E-state index in [0.29, 0.717) is 40.8 Å². The number of aromatic amines is 2. The molecule has 0 aliphatic carbocycles. The number of anilines is 2. The summed E-state index contributed by atoms with van der Waals surface area (Å²) in [6.07, 6.45) is -2.07. The van der Waals surface area contributed by atoms with Crippen molar-refractivity contribution in [2.75, 3.05) is 25.0 Å². The first-order valence-electron chi connectivity index (χ1n) is 10.4. The van der Waals surface area contributed by atoms with E-state index in [9.17, 15) is 26.4 Å². The molecule has 1 fully saturated rings. The van der Waals surface area contributed by atoms with Crippen molar-refractivity contribution in [3.8, 4) is 0 Å². The van der Waals surface area contributed by atoms with Gasteiger partial charge in [-0.05, 0) is 42.7 Å². The molecular weight excluding hydrogens is 461 g/mol. The van der Waals surface area contributed by atoms with Gasteiger partial charge in [-0.2, -0.15) is 22.6 Å². The van der Waals surface area contributed by atoms with Crippen LogP contribution >= 0.6 is 0 Å². The minimum absolute atomic E-state index is 0.152. The molecule has 1 aromatic carbocycles. The third-order valence-electron chi connectivity index (χ3n) is 6.09. The smallest absolute Gasteiger partial charge is 0.338 e. The van der Waals surface area contributed by atoms with E-state index in [1.807, 2.05) is 0 Å². The van der Waals surface area contributed by atoms with E-state index in [-0.39, 0.29) is 36.1 Å². The third kappa shape index (κ3) is 4.11. The van der Waals surface area contributed by atoms with Crippen LogP contribution < -0.4 is 10.9 Å². The van der Waals surface area contributed by atoms with Gasteiger partial charge < -0.3 is 10.3 Å². The van der Waals surface area contributed by atoms with E-state index in [0.717, 1.165) is 0 Å². The molecule has 5 rings (SSSR count). The average Bonchev–Trinajstić information content (AvgIpc) is 3.26. The Bertz CT molecular complexity index is 1360. The van der Waals surface area contributed by atoms with Gasteiger partial charge in [-0.3, -0.25) is 14.8 Å². The monoisotopic (exact) mass is 482 g/mol. The Morgan fingerprint density at radius 2 is 1.94 bits per heavy atom. The summed E-state index contributed by atoms with van der Waals surface area (Å²) in [5.41, 5.74) is 1.41. The summed E-state index contributed by atoms with van der Waals surface area (Å²) in [5.74, 6) is 0.321. The number of likely N-dealkylation sites (tertiary alicyclic amines) is 1. The van der Waals surface area contributed by atoms with Crippen molar-refractivity contribution in [1.29, 1.82) is 0 Å². The molecule has 4 heterocycles. The van der Waals surface area contributed by atoms with Crippen molar-refractivity contribution in [1.82, 2.24) is 24.4 Å². The number of benzene rings is 1. The molecule has 0 radical (unpaired) electrons. The van der Waals surface area contributed by atoms with Crippen molar-refractivity contribution in [2.24, 2.45) is 0 Å². The van der Waals surface area contributed by atoms with E-state index in [1.165, 1.54) is 21.5 Å². The molecular formula is C20H21F3N6O3S. The lowest BCUT2D eigenvalue weighted by Gasteiger charge is -2.36. The summed E-state index contributed by atoms with van der Waals surface area (Å²) >= 11 is 0.